The van der Waals surface area contributed by atoms with E-state index in [1.165, 1.54) is 31.6 Å². The molecule has 0 spiro atoms. The van der Waals surface area contributed by atoms with Crippen LogP contribution in [0.2, 0.25) is 0 Å². The lowest BCUT2D eigenvalue weighted by molar-refractivity contribution is 0.199. The molecule has 1 aromatic carbocycles. The van der Waals surface area contributed by atoms with Crippen LogP contribution in [0, 0.1) is 11.8 Å². The molecule has 0 unspecified atom stereocenters. The lowest BCUT2D eigenvalue weighted by Gasteiger charge is -2.30. The minimum atomic E-state index is 0.693. The molecule has 0 aromatic heterocycles. The SMILES string of the molecule is CC(C)CCOc1ccc(NCCN2CCC(C)CC2)cc1. The molecule has 1 aliphatic heterocycles. The average molecular weight is 304 g/mol. The molecule has 1 fully saturated rings. The second-order valence-electron chi connectivity index (χ2n) is 7.01. The molecular weight excluding hydrogens is 272 g/mol. The summed E-state index contributed by atoms with van der Waals surface area (Å²) >= 11 is 0. The maximum Gasteiger partial charge on any atom is 0.119 e. The van der Waals surface area contributed by atoms with Crippen LogP contribution in [0.5, 0.6) is 5.75 Å². The molecule has 1 aromatic rings. The molecule has 2 rings (SSSR count). The first-order valence-corrected chi connectivity index (χ1v) is 8.82. The van der Waals surface area contributed by atoms with Gasteiger partial charge < -0.3 is 15.0 Å². The number of anilines is 1. The Kier molecular flexibility index (Phi) is 7.04. The molecule has 1 N–H and O–H groups in total. The van der Waals surface area contributed by atoms with E-state index in [2.05, 4.69) is 55.3 Å². The van der Waals surface area contributed by atoms with Gasteiger partial charge in [0.25, 0.3) is 0 Å². The van der Waals surface area contributed by atoms with Crippen molar-refractivity contribution in [2.75, 3.05) is 38.1 Å². The van der Waals surface area contributed by atoms with Gasteiger partial charge in [-0.2, -0.15) is 0 Å². The molecule has 3 nitrogen and oxygen atoms in total. The van der Waals surface area contributed by atoms with Gasteiger partial charge >= 0.3 is 0 Å². The van der Waals surface area contributed by atoms with Crippen molar-refractivity contribution in [2.24, 2.45) is 11.8 Å². The minimum absolute atomic E-state index is 0.693. The first kappa shape index (κ1) is 17.1. The van der Waals surface area contributed by atoms with Crippen LogP contribution in [0.3, 0.4) is 0 Å². The number of likely N-dealkylation sites (tertiary alicyclic amines) is 1. The second-order valence-corrected chi connectivity index (χ2v) is 7.01. The van der Waals surface area contributed by atoms with E-state index in [0.29, 0.717) is 5.92 Å². The van der Waals surface area contributed by atoms with Crippen molar-refractivity contribution in [2.45, 2.75) is 40.0 Å². The van der Waals surface area contributed by atoms with Gasteiger partial charge in [0.15, 0.2) is 0 Å². The predicted octanol–water partition coefficient (Wildman–Crippen LogP) is 4.26. The number of hydrogen-bond donors (Lipinski definition) is 1. The molecule has 0 bridgehead atoms. The molecule has 1 saturated heterocycles. The maximum atomic E-state index is 5.75. The Bertz CT molecular complexity index is 408. The first-order valence-electron chi connectivity index (χ1n) is 8.82. The summed E-state index contributed by atoms with van der Waals surface area (Å²) in [7, 11) is 0. The fourth-order valence-electron chi connectivity index (χ4n) is 2.73. The van der Waals surface area contributed by atoms with Crippen molar-refractivity contribution < 1.29 is 4.74 Å². The second kappa shape index (κ2) is 9.04. The number of ether oxygens (including phenoxy) is 1. The first-order chi connectivity index (χ1) is 10.6. The molecule has 1 aliphatic rings. The fourth-order valence-corrected chi connectivity index (χ4v) is 2.73. The molecule has 0 radical (unpaired) electrons. The number of nitrogens with one attached hydrogen (secondary N) is 1. The van der Waals surface area contributed by atoms with E-state index in [-0.39, 0.29) is 0 Å². The highest BCUT2D eigenvalue weighted by molar-refractivity contribution is 5.46. The smallest absolute Gasteiger partial charge is 0.119 e. The maximum absolute atomic E-state index is 5.75. The molecule has 0 aliphatic carbocycles. The van der Waals surface area contributed by atoms with Gasteiger partial charge in [-0.05, 0) is 68.5 Å². The lowest BCUT2D eigenvalue weighted by atomic mass is 9.99. The molecule has 0 saturated carbocycles. The third kappa shape index (κ3) is 6.27. The van der Waals surface area contributed by atoms with Crippen LogP contribution < -0.4 is 10.1 Å². The largest absolute Gasteiger partial charge is 0.494 e. The highest BCUT2D eigenvalue weighted by Crippen LogP contribution is 2.17. The van der Waals surface area contributed by atoms with E-state index >= 15 is 0 Å². The van der Waals surface area contributed by atoms with Crippen LogP contribution >= 0.6 is 0 Å². The van der Waals surface area contributed by atoms with E-state index in [4.69, 9.17) is 4.74 Å². The zero-order chi connectivity index (χ0) is 15.8. The molecule has 0 amide bonds. The highest BCUT2D eigenvalue weighted by atomic mass is 16.5. The summed E-state index contributed by atoms with van der Waals surface area (Å²) in [6.07, 6.45) is 3.80. The highest BCUT2D eigenvalue weighted by Gasteiger charge is 2.14. The molecular formula is C19H32N2O. The van der Waals surface area contributed by atoms with Crippen molar-refractivity contribution in [1.82, 2.24) is 4.90 Å². The molecule has 22 heavy (non-hydrogen) atoms. The van der Waals surface area contributed by atoms with Crippen LogP contribution in [0.4, 0.5) is 5.69 Å². The van der Waals surface area contributed by atoms with Crippen molar-refractivity contribution in [3.8, 4) is 5.75 Å². The van der Waals surface area contributed by atoms with E-state index in [9.17, 15) is 0 Å². The van der Waals surface area contributed by atoms with Crippen molar-refractivity contribution in [3.63, 3.8) is 0 Å². The Balaban J connectivity index is 1.63. The van der Waals surface area contributed by atoms with E-state index in [1.54, 1.807) is 0 Å². The van der Waals surface area contributed by atoms with Crippen LogP contribution in [0.1, 0.15) is 40.0 Å². The lowest BCUT2D eigenvalue weighted by Crippen LogP contribution is -2.36. The minimum Gasteiger partial charge on any atom is -0.494 e. The van der Waals surface area contributed by atoms with Gasteiger partial charge in [-0.1, -0.05) is 20.8 Å². The Morgan fingerprint density at radius 3 is 2.50 bits per heavy atom. The standard InChI is InChI=1S/C19H32N2O/c1-16(2)10-15-22-19-6-4-18(5-7-19)20-11-14-21-12-8-17(3)9-13-21/h4-7,16-17,20H,8-15H2,1-3H3. The van der Waals surface area contributed by atoms with Gasteiger partial charge in [-0.3, -0.25) is 0 Å². The molecule has 1 heterocycles. The van der Waals surface area contributed by atoms with Crippen LogP contribution in [-0.4, -0.2) is 37.7 Å². The third-order valence-corrected chi connectivity index (χ3v) is 4.45. The predicted molar refractivity (Wildman–Crippen MR) is 94.7 cm³/mol. The third-order valence-electron chi connectivity index (χ3n) is 4.45. The number of piperidine rings is 1. The molecule has 3 heteroatoms. The zero-order valence-corrected chi connectivity index (χ0v) is 14.5. The summed E-state index contributed by atoms with van der Waals surface area (Å²) in [6, 6.07) is 8.35. The van der Waals surface area contributed by atoms with Gasteiger partial charge in [-0.25, -0.2) is 0 Å². The van der Waals surface area contributed by atoms with Crippen molar-refractivity contribution >= 4 is 5.69 Å². The monoisotopic (exact) mass is 304 g/mol. The van der Waals surface area contributed by atoms with E-state index in [0.717, 1.165) is 37.8 Å². The van der Waals surface area contributed by atoms with Gasteiger partial charge in [0.05, 0.1) is 6.61 Å². The summed E-state index contributed by atoms with van der Waals surface area (Å²) in [5.41, 5.74) is 1.18. The van der Waals surface area contributed by atoms with Gasteiger partial charge in [0, 0.05) is 18.8 Å². The topological polar surface area (TPSA) is 24.5 Å². The van der Waals surface area contributed by atoms with Crippen LogP contribution in [0.25, 0.3) is 0 Å². The number of nitrogens with zero attached hydrogens (tertiary/aromatic N) is 1. The Morgan fingerprint density at radius 2 is 1.86 bits per heavy atom. The zero-order valence-electron chi connectivity index (χ0n) is 14.5. The quantitative estimate of drug-likeness (QED) is 0.777. The summed E-state index contributed by atoms with van der Waals surface area (Å²) in [5.74, 6) is 2.57. The van der Waals surface area contributed by atoms with Crippen LogP contribution in [0.15, 0.2) is 24.3 Å². The van der Waals surface area contributed by atoms with Gasteiger partial charge in [-0.15, -0.1) is 0 Å². The Hall–Kier alpha value is -1.22. The molecule has 0 atom stereocenters. The normalized spacial score (nSPS) is 16.9. The summed E-state index contributed by atoms with van der Waals surface area (Å²) in [4.78, 5) is 2.57. The fraction of sp³-hybridized carbons (Fsp3) is 0.684. The Labute approximate surface area is 136 Å². The summed E-state index contributed by atoms with van der Waals surface area (Å²) in [6.45, 7) is 12.3. The van der Waals surface area contributed by atoms with Gasteiger partial charge in [0.1, 0.15) is 5.75 Å². The Morgan fingerprint density at radius 1 is 1.18 bits per heavy atom. The van der Waals surface area contributed by atoms with E-state index < -0.39 is 0 Å². The summed E-state index contributed by atoms with van der Waals surface area (Å²) < 4.78 is 5.75. The number of hydrogen-bond acceptors (Lipinski definition) is 3. The average Bonchev–Trinajstić information content (AvgIpc) is 2.50. The van der Waals surface area contributed by atoms with E-state index in [1.807, 2.05) is 0 Å². The number of rotatable bonds is 8. The van der Waals surface area contributed by atoms with Crippen molar-refractivity contribution in [3.05, 3.63) is 24.3 Å². The van der Waals surface area contributed by atoms with Gasteiger partial charge in [0.2, 0.25) is 0 Å². The van der Waals surface area contributed by atoms with Crippen LogP contribution in [-0.2, 0) is 0 Å². The summed E-state index contributed by atoms with van der Waals surface area (Å²) in [5, 5.41) is 3.51. The number of benzene rings is 1. The van der Waals surface area contributed by atoms with Crippen molar-refractivity contribution in [1.29, 1.82) is 0 Å². The molecule has 124 valence electrons.